The van der Waals surface area contributed by atoms with Crippen LogP contribution in [0.15, 0.2) is 24.3 Å². The highest BCUT2D eigenvalue weighted by Gasteiger charge is 2.05. The molecule has 0 amide bonds. The molecule has 1 rings (SSSR count). The Morgan fingerprint density at radius 3 is 2.60 bits per heavy atom. The molecule has 0 fully saturated rings. The van der Waals surface area contributed by atoms with Crippen molar-refractivity contribution >= 4 is 5.78 Å². The van der Waals surface area contributed by atoms with Crippen molar-refractivity contribution in [3.8, 4) is 5.75 Å². The predicted octanol–water partition coefficient (Wildman–Crippen LogP) is 2.85. The van der Waals surface area contributed by atoms with Crippen LogP contribution in [0, 0.1) is 5.92 Å². The Hall–Kier alpha value is -1.31. The van der Waals surface area contributed by atoms with E-state index in [2.05, 4.69) is 13.8 Å². The molecule has 1 aromatic rings. The smallest absolute Gasteiger partial charge is 0.134 e. The number of rotatable bonds is 5. The van der Waals surface area contributed by atoms with E-state index in [-0.39, 0.29) is 5.78 Å². The minimum atomic E-state index is 0.163. The molecular weight excluding hydrogens is 188 g/mol. The first kappa shape index (κ1) is 11.8. The molecule has 0 saturated heterocycles. The fourth-order valence-corrected chi connectivity index (χ4v) is 1.32. The molecule has 82 valence electrons. The van der Waals surface area contributed by atoms with Crippen LogP contribution in [0.2, 0.25) is 0 Å². The van der Waals surface area contributed by atoms with E-state index in [1.165, 1.54) is 0 Å². The van der Waals surface area contributed by atoms with E-state index in [4.69, 9.17) is 4.74 Å². The number of ether oxygens (including phenoxy) is 1. The molecule has 0 N–H and O–H groups in total. The van der Waals surface area contributed by atoms with Crippen LogP contribution in [-0.2, 0) is 11.2 Å². The Morgan fingerprint density at radius 1 is 1.33 bits per heavy atom. The third-order valence-corrected chi connectivity index (χ3v) is 1.98. The molecule has 0 aliphatic rings. The third-order valence-electron chi connectivity index (χ3n) is 1.98. The summed E-state index contributed by atoms with van der Waals surface area (Å²) in [7, 11) is 0. The number of hydrogen-bond donors (Lipinski definition) is 0. The van der Waals surface area contributed by atoms with Gasteiger partial charge in [0.25, 0.3) is 0 Å². The first-order valence-corrected chi connectivity index (χ1v) is 5.29. The second-order valence-electron chi connectivity index (χ2n) is 4.19. The van der Waals surface area contributed by atoms with E-state index < -0.39 is 0 Å². The van der Waals surface area contributed by atoms with Crippen LogP contribution in [-0.4, -0.2) is 12.4 Å². The molecule has 0 radical (unpaired) electrons. The predicted molar refractivity (Wildman–Crippen MR) is 61.2 cm³/mol. The first-order chi connectivity index (χ1) is 7.09. The maximum atomic E-state index is 11.0. The second-order valence-corrected chi connectivity index (χ2v) is 4.19. The van der Waals surface area contributed by atoms with E-state index in [9.17, 15) is 4.79 Å². The molecule has 0 spiro atoms. The Bertz CT molecular complexity index is 329. The van der Waals surface area contributed by atoms with Crippen molar-refractivity contribution in [1.82, 2.24) is 0 Å². The molecule has 15 heavy (non-hydrogen) atoms. The average molecular weight is 206 g/mol. The Balaban J connectivity index is 2.72. The lowest BCUT2D eigenvalue weighted by Gasteiger charge is -2.12. The minimum Gasteiger partial charge on any atom is -0.493 e. The summed E-state index contributed by atoms with van der Waals surface area (Å²) >= 11 is 0. The monoisotopic (exact) mass is 206 g/mol. The molecule has 0 aromatic heterocycles. The van der Waals surface area contributed by atoms with Gasteiger partial charge < -0.3 is 4.74 Å². The quantitative estimate of drug-likeness (QED) is 0.740. The Kier molecular flexibility index (Phi) is 4.35. The number of benzene rings is 1. The highest BCUT2D eigenvalue weighted by atomic mass is 16.5. The molecule has 2 nitrogen and oxygen atoms in total. The van der Waals surface area contributed by atoms with Crippen molar-refractivity contribution in [2.45, 2.75) is 27.2 Å². The summed E-state index contributed by atoms with van der Waals surface area (Å²) in [6, 6.07) is 7.72. The number of Topliss-reactive ketones (excluding diaryl/α,β-unsaturated/α-hetero) is 1. The molecule has 0 saturated carbocycles. The number of carbonyl (C=O) groups is 1. The van der Waals surface area contributed by atoms with Crippen molar-refractivity contribution in [2.24, 2.45) is 5.92 Å². The maximum absolute atomic E-state index is 11.0. The van der Waals surface area contributed by atoms with E-state index in [0.717, 1.165) is 11.3 Å². The fraction of sp³-hybridized carbons (Fsp3) is 0.462. The van der Waals surface area contributed by atoms with Crippen molar-refractivity contribution in [3.63, 3.8) is 0 Å². The third kappa shape index (κ3) is 4.15. The van der Waals surface area contributed by atoms with E-state index in [1.807, 2.05) is 24.3 Å². The molecule has 1 aromatic carbocycles. The molecule has 2 heteroatoms. The van der Waals surface area contributed by atoms with E-state index in [0.29, 0.717) is 18.9 Å². The van der Waals surface area contributed by atoms with Gasteiger partial charge in [-0.1, -0.05) is 32.0 Å². The minimum absolute atomic E-state index is 0.163. The first-order valence-electron chi connectivity index (χ1n) is 5.29. The van der Waals surface area contributed by atoms with Crippen LogP contribution in [0.4, 0.5) is 0 Å². The van der Waals surface area contributed by atoms with Crippen molar-refractivity contribution < 1.29 is 9.53 Å². The van der Waals surface area contributed by atoms with Gasteiger partial charge in [-0.25, -0.2) is 0 Å². The molecule has 0 heterocycles. The summed E-state index contributed by atoms with van der Waals surface area (Å²) in [5, 5.41) is 0. The van der Waals surface area contributed by atoms with Crippen LogP contribution in [0.25, 0.3) is 0 Å². The van der Waals surface area contributed by atoms with Gasteiger partial charge in [0.1, 0.15) is 11.5 Å². The molecule has 0 aliphatic heterocycles. The average Bonchev–Trinajstić information content (AvgIpc) is 2.15. The zero-order chi connectivity index (χ0) is 11.3. The van der Waals surface area contributed by atoms with E-state index >= 15 is 0 Å². The summed E-state index contributed by atoms with van der Waals surface area (Å²) in [6.07, 6.45) is 0.453. The van der Waals surface area contributed by atoms with Gasteiger partial charge in [-0.2, -0.15) is 0 Å². The lowest BCUT2D eigenvalue weighted by molar-refractivity contribution is -0.116. The zero-order valence-corrected chi connectivity index (χ0v) is 9.62. The summed E-state index contributed by atoms with van der Waals surface area (Å²) in [5.41, 5.74) is 0.977. The Labute approximate surface area is 91.3 Å². The maximum Gasteiger partial charge on any atom is 0.134 e. The van der Waals surface area contributed by atoms with Gasteiger partial charge in [-0.3, -0.25) is 4.79 Å². The SMILES string of the molecule is CC(=O)Cc1ccccc1OCC(C)C. The van der Waals surface area contributed by atoms with Gasteiger partial charge in [0.2, 0.25) is 0 Å². The van der Waals surface area contributed by atoms with Crippen LogP contribution in [0.1, 0.15) is 26.3 Å². The van der Waals surface area contributed by atoms with Crippen LogP contribution in [0.3, 0.4) is 0 Å². The Morgan fingerprint density at radius 2 is 2.00 bits per heavy atom. The van der Waals surface area contributed by atoms with E-state index in [1.54, 1.807) is 6.92 Å². The highest BCUT2D eigenvalue weighted by molar-refractivity contribution is 5.78. The van der Waals surface area contributed by atoms with Crippen molar-refractivity contribution in [3.05, 3.63) is 29.8 Å². The number of para-hydroxylation sites is 1. The van der Waals surface area contributed by atoms with Crippen LogP contribution >= 0.6 is 0 Å². The number of hydrogen-bond acceptors (Lipinski definition) is 2. The standard InChI is InChI=1S/C13H18O2/c1-10(2)9-15-13-7-5-4-6-12(13)8-11(3)14/h4-7,10H,8-9H2,1-3H3. The van der Waals surface area contributed by atoms with Crippen LogP contribution < -0.4 is 4.74 Å². The van der Waals surface area contributed by atoms with Gasteiger partial charge in [-0.05, 0) is 18.9 Å². The lowest BCUT2D eigenvalue weighted by atomic mass is 10.1. The zero-order valence-electron chi connectivity index (χ0n) is 9.62. The molecule has 0 atom stereocenters. The fourth-order valence-electron chi connectivity index (χ4n) is 1.32. The van der Waals surface area contributed by atoms with Gasteiger partial charge in [0.15, 0.2) is 0 Å². The largest absolute Gasteiger partial charge is 0.493 e. The molecule has 0 aliphatic carbocycles. The van der Waals surface area contributed by atoms with Gasteiger partial charge in [-0.15, -0.1) is 0 Å². The lowest BCUT2D eigenvalue weighted by Crippen LogP contribution is -2.07. The highest BCUT2D eigenvalue weighted by Crippen LogP contribution is 2.19. The summed E-state index contributed by atoms with van der Waals surface area (Å²) in [5.74, 6) is 1.49. The van der Waals surface area contributed by atoms with Gasteiger partial charge >= 0.3 is 0 Å². The molecular formula is C13H18O2. The van der Waals surface area contributed by atoms with Crippen molar-refractivity contribution in [1.29, 1.82) is 0 Å². The van der Waals surface area contributed by atoms with Crippen LogP contribution in [0.5, 0.6) is 5.75 Å². The summed E-state index contributed by atoms with van der Waals surface area (Å²) in [6.45, 7) is 6.50. The second kappa shape index (κ2) is 5.54. The van der Waals surface area contributed by atoms with Gasteiger partial charge in [0.05, 0.1) is 6.61 Å². The topological polar surface area (TPSA) is 26.3 Å². The number of ketones is 1. The molecule has 0 unspecified atom stereocenters. The number of carbonyl (C=O) groups excluding carboxylic acids is 1. The molecule has 0 bridgehead atoms. The summed E-state index contributed by atoms with van der Waals surface area (Å²) in [4.78, 5) is 11.0. The van der Waals surface area contributed by atoms with Crippen molar-refractivity contribution in [2.75, 3.05) is 6.61 Å². The normalized spacial score (nSPS) is 10.4. The van der Waals surface area contributed by atoms with Gasteiger partial charge in [0, 0.05) is 12.0 Å². The summed E-state index contributed by atoms with van der Waals surface area (Å²) < 4.78 is 5.65.